The molecule has 1 amide bonds. The first-order valence-corrected chi connectivity index (χ1v) is 9.00. The SMILES string of the molecule is CCOc1ccc(N)cc1CN1CCCN(C(=O)OC(C)(C)C)CC1. The molecule has 25 heavy (non-hydrogen) atoms. The van der Waals surface area contributed by atoms with Gasteiger partial charge >= 0.3 is 6.09 Å². The molecule has 1 heterocycles. The van der Waals surface area contributed by atoms with Crippen molar-refractivity contribution in [1.29, 1.82) is 0 Å². The third-order valence-electron chi connectivity index (χ3n) is 4.02. The number of rotatable bonds is 4. The standard InChI is InChI=1S/C19H31N3O3/c1-5-24-17-8-7-16(20)13-15(17)14-21-9-6-10-22(12-11-21)18(23)25-19(2,3)4/h7-8,13H,5-6,9-12,14,20H2,1-4H3. The molecule has 0 atom stereocenters. The van der Waals surface area contributed by atoms with Gasteiger partial charge in [0, 0.05) is 44.0 Å². The number of nitrogens with zero attached hydrogens (tertiary/aromatic N) is 2. The number of hydrogen-bond acceptors (Lipinski definition) is 5. The first kappa shape index (κ1) is 19.4. The van der Waals surface area contributed by atoms with E-state index in [1.165, 1.54) is 0 Å². The number of hydrogen-bond donors (Lipinski definition) is 1. The summed E-state index contributed by atoms with van der Waals surface area (Å²) in [5.74, 6) is 0.880. The summed E-state index contributed by atoms with van der Waals surface area (Å²) in [6.07, 6.45) is 0.694. The Morgan fingerprint density at radius 3 is 2.64 bits per heavy atom. The summed E-state index contributed by atoms with van der Waals surface area (Å²) in [7, 11) is 0. The molecular formula is C19H31N3O3. The molecule has 0 saturated carbocycles. The molecule has 1 fully saturated rings. The Hall–Kier alpha value is -1.95. The Morgan fingerprint density at radius 2 is 1.96 bits per heavy atom. The Morgan fingerprint density at radius 1 is 1.20 bits per heavy atom. The first-order chi connectivity index (χ1) is 11.8. The van der Waals surface area contributed by atoms with Crippen LogP contribution in [0.4, 0.5) is 10.5 Å². The maximum absolute atomic E-state index is 12.3. The molecule has 6 heteroatoms. The van der Waals surface area contributed by atoms with Gasteiger partial charge in [-0.25, -0.2) is 4.79 Å². The number of amides is 1. The number of carbonyl (C=O) groups excluding carboxylic acids is 1. The Balaban J connectivity index is 1.97. The Kier molecular flexibility index (Phi) is 6.53. The van der Waals surface area contributed by atoms with Crippen molar-refractivity contribution in [3.05, 3.63) is 23.8 Å². The molecule has 1 aliphatic rings. The molecule has 0 aliphatic carbocycles. The van der Waals surface area contributed by atoms with Gasteiger partial charge in [-0.1, -0.05) is 0 Å². The summed E-state index contributed by atoms with van der Waals surface area (Å²) >= 11 is 0. The maximum Gasteiger partial charge on any atom is 0.410 e. The normalized spacial score (nSPS) is 16.4. The highest BCUT2D eigenvalue weighted by atomic mass is 16.6. The molecule has 1 aromatic rings. The van der Waals surface area contributed by atoms with E-state index in [1.807, 2.05) is 45.9 Å². The highest BCUT2D eigenvalue weighted by Gasteiger charge is 2.24. The van der Waals surface area contributed by atoms with E-state index in [-0.39, 0.29) is 6.09 Å². The van der Waals surface area contributed by atoms with Crippen LogP contribution in [0.2, 0.25) is 0 Å². The summed E-state index contributed by atoms with van der Waals surface area (Å²) in [4.78, 5) is 16.4. The van der Waals surface area contributed by atoms with Crippen LogP contribution in [0.3, 0.4) is 0 Å². The third kappa shape index (κ3) is 6.12. The molecular weight excluding hydrogens is 318 g/mol. The Bertz CT molecular complexity index is 584. The maximum atomic E-state index is 12.3. The van der Waals surface area contributed by atoms with Gasteiger partial charge in [-0.3, -0.25) is 4.90 Å². The fourth-order valence-electron chi connectivity index (χ4n) is 2.90. The van der Waals surface area contributed by atoms with Crippen LogP contribution in [0.1, 0.15) is 39.7 Å². The second kappa shape index (κ2) is 8.43. The monoisotopic (exact) mass is 349 g/mol. The highest BCUT2D eigenvalue weighted by Crippen LogP contribution is 2.24. The molecule has 140 valence electrons. The van der Waals surface area contributed by atoms with Crippen LogP contribution in [0.15, 0.2) is 18.2 Å². The highest BCUT2D eigenvalue weighted by molar-refractivity contribution is 5.68. The van der Waals surface area contributed by atoms with E-state index < -0.39 is 5.60 Å². The number of anilines is 1. The van der Waals surface area contributed by atoms with E-state index >= 15 is 0 Å². The van der Waals surface area contributed by atoms with Gasteiger partial charge in [0.05, 0.1) is 6.61 Å². The number of ether oxygens (including phenoxy) is 2. The van der Waals surface area contributed by atoms with Gasteiger partial charge in [0.25, 0.3) is 0 Å². The molecule has 2 rings (SSSR count). The van der Waals surface area contributed by atoms with Crippen LogP contribution in [-0.4, -0.2) is 54.3 Å². The van der Waals surface area contributed by atoms with Crippen LogP contribution in [-0.2, 0) is 11.3 Å². The second-order valence-corrected chi connectivity index (χ2v) is 7.40. The topological polar surface area (TPSA) is 68.0 Å². The van der Waals surface area contributed by atoms with Gasteiger partial charge < -0.3 is 20.1 Å². The summed E-state index contributed by atoms with van der Waals surface area (Å²) in [5.41, 5.74) is 7.31. The smallest absolute Gasteiger partial charge is 0.410 e. The largest absolute Gasteiger partial charge is 0.494 e. The van der Waals surface area contributed by atoms with Crippen molar-refractivity contribution in [2.24, 2.45) is 0 Å². The molecule has 0 radical (unpaired) electrons. The lowest BCUT2D eigenvalue weighted by Crippen LogP contribution is -2.39. The number of nitrogen functional groups attached to an aromatic ring is 1. The number of carbonyl (C=O) groups is 1. The van der Waals surface area contributed by atoms with Crippen molar-refractivity contribution < 1.29 is 14.3 Å². The van der Waals surface area contributed by atoms with Crippen molar-refractivity contribution in [3.8, 4) is 5.75 Å². The van der Waals surface area contributed by atoms with Gasteiger partial charge in [0.1, 0.15) is 11.4 Å². The van der Waals surface area contributed by atoms with E-state index in [9.17, 15) is 4.79 Å². The third-order valence-corrected chi connectivity index (χ3v) is 4.02. The van der Waals surface area contributed by atoms with Gasteiger partial charge in [-0.15, -0.1) is 0 Å². The van der Waals surface area contributed by atoms with Crippen molar-refractivity contribution in [2.45, 2.75) is 46.3 Å². The molecule has 0 aromatic heterocycles. The number of nitrogens with two attached hydrogens (primary N) is 1. The molecule has 1 aromatic carbocycles. The van der Waals surface area contributed by atoms with Crippen LogP contribution in [0, 0.1) is 0 Å². The lowest BCUT2D eigenvalue weighted by molar-refractivity contribution is 0.0257. The average molecular weight is 349 g/mol. The molecule has 1 saturated heterocycles. The van der Waals surface area contributed by atoms with E-state index in [0.717, 1.165) is 49.6 Å². The van der Waals surface area contributed by atoms with Crippen molar-refractivity contribution in [3.63, 3.8) is 0 Å². The summed E-state index contributed by atoms with van der Waals surface area (Å²) in [6, 6.07) is 5.77. The molecule has 0 spiro atoms. The minimum absolute atomic E-state index is 0.228. The second-order valence-electron chi connectivity index (χ2n) is 7.40. The summed E-state index contributed by atoms with van der Waals surface area (Å²) in [5, 5.41) is 0. The molecule has 1 aliphatic heterocycles. The Labute approximate surface area is 150 Å². The van der Waals surface area contributed by atoms with E-state index in [2.05, 4.69) is 4.90 Å². The summed E-state index contributed by atoms with van der Waals surface area (Å²) in [6.45, 7) is 12.2. The van der Waals surface area contributed by atoms with Crippen LogP contribution in [0.5, 0.6) is 5.75 Å². The first-order valence-electron chi connectivity index (χ1n) is 9.00. The van der Waals surface area contributed by atoms with Crippen molar-refractivity contribution in [2.75, 3.05) is 38.5 Å². The number of benzene rings is 1. The minimum atomic E-state index is -0.461. The van der Waals surface area contributed by atoms with Gasteiger partial charge in [0.15, 0.2) is 0 Å². The summed E-state index contributed by atoms with van der Waals surface area (Å²) < 4.78 is 11.2. The fraction of sp³-hybridized carbons (Fsp3) is 0.632. The van der Waals surface area contributed by atoms with E-state index in [0.29, 0.717) is 13.2 Å². The minimum Gasteiger partial charge on any atom is -0.494 e. The van der Waals surface area contributed by atoms with Crippen molar-refractivity contribution >= 4 is 11.8 Å². The molecule has 0 bridgehead atoms. The average Bonchev–Trinajstić information content (AvgIpc) is 2.74. The predicted molar refractivity (Wildman–Crippen MR) is 99.7 cm³/mol. The zero-order chi connectivity index (χ0) is 18.4. The molecule has 6 nitrogen and oxygen atoms in total. The van der Waals surface area contributed by atoms with Gasteiger partial charge in [-0.05, 0) is 52.3 Å². The zero-order valence-electron chi connectivity index (χ0n) is 15.9. The lowest BCUT2D eigenvalue weighted by Gasteiger charge is -2.26. The van der Waals surface area contributed by atoms with Crippen molar-refractivity contribution in [1.82, 2.24) is 9.80 Å². The van der Waals surface area contributed by atoms with Gasteiger partial charge in [-0.2, -0.15) is 0 Å². The van der Waals surface area contributed by atoms with Crippen LogP contribution >= 0.6 is 0 Å². The molecule has 2 N–H and O–H groups in total. The van der Waals surface area contributed by atoms with Gasteiger partial charge in [0.2, 0.25) is 0 Å². The molecule has 0 unspecified atom stereocenters. The van der Waals surface area contributed by atoms with Crippen LogP contribution in [0.25, 0.3) is 0 Å². The van der Waals surface area contributed by atoms with Crippen LogP contribution < -0.4 is 10.5 Å². The lowest BCUT2D eigenvalue weighted by atomic mass is 10.1. The van der Waals surface area contributed by atoms with E-state index in [1.54, 1.807) is 4.90 Å². The fourth-order valence-corrected chi connectivity index (χ4v) is 2.90. The zero-order valence-corrected chi connectivity index (χ0v) is 15.9. The predicted octanol–water partition coefficient (Wildman–Crippen LogP) is 3.11. The quantitative estimate of drug-likeness (QED) is 0.846. The van der Waals surface area contributed by atoms with E-state index in [4.69, 9.17) is 15.2 Å².